The summed E-state index contributed by atoms with van der Waals surface area (Å²) in [6.07, 6.45) is -4.81. The quantitative estimate of drug-likeness (QED) is 0.189. The smallest absolute Gasteiger partial charge is 0.418 e. The molecule has 1 saturated heterocycles. The second kappa shape index (κ2) is 12.2. The number of alkyl halides is 3. The van der Waals surface area contributed by atoms with Gasteiger partial charge in [0.2, 0.25) is 11.8 Å². The Bertz CT molecular complexity index is 2160. The third-order valence-electron chi connectivity index (χ3n) is 8.21. The zero-order valence-electron chi connectivity index (χ0n) is 24.9. The number of thioether (sulfide) groups is 1. The molecule has 0 bridgehead atoms. The lowest BCUT2D eigenvalue weighted by Crippen LogP contribution is -2.33. The van der Waals surface area contributed by atoms with Gasteiger partial charge < -0.3 is 19.8 Å². The van der Waals surface area contributed by atoms with E-state index in [1.807, 2.05) is 36.4 Å². The summed E-state index contributed by atoms with van der Waals surface area (Å²) < 4.78 is 53.1. The van der Waals surface area contributed by atoms with Crippen LogP contribution in [-0.4, -0.2) is 41.7 Å². The summed E-state index contributed by atoms with van der Waals surface area (Å²) in [6, 6.07) is 22.4. The van der Waals surface area contributed by atoms with Crippen LogP contribution in [0.25, 0.3) is 10.8 Å². The standard InChI is InChI=1S/C34H24F3N3O6S2/c1-45-24-15-19(11-13-23(24)46-16-25(41)38-20-12-10-17-6-2-3-7-18(17)14-20)26-27-29(47-30-28(26)48-33(44)39-30)32(43)40(31(27)42)22-9-5-4-8-21(22)34(35,36)37/h2-15,26-27,29H,16H2,1H3,(H,38,41)(H,39,44)/t26-,27-,29+/m0/s1. The van der Waals surface area contributed by atoms with Crippen molar-refractivity contribution in [2.45, 2.75) is 22.4 Å². The summed E-state index contributed by atoms with van der Waals surface area (Å²) in [4.78, 5) is 56.2. The van der Waals surface area contributed by atoms with Gasteiger partial charge in [-0.3, -0.25) is 19.2 Å². The van der Waals surface area contributed by atoms with Crippen molar-refractivity contribution < 1.29 is 37.0 Å². The Morgan fingerprint density at radius 2 is 1.67 bits per heavy atom. The van der Waals surface area contributed by atoms with Crippen molar-refractivity contribution in [1.82, 2.24) is 4.98 Å². The number of methoxy groups -OCH3 is 1. The maximum atomic E-state index is 14.0. The molecular weight excluding hydrogens is 668 g/mol. The van der Waals surface area contributed by atoms with E-state index < -0.39 is 57.1 Å². The first kappa shape index (κ1) is 31.5. The zero-order chi connectivity index (χ0) is 33.7. The maximum Gasteiger partial charge on any atom is 0.418 e. The molecule has 0 spiro atoms. The number of para-hydroxylation sites is 1. The molecule has 2 aliphatic heterocycles. The highest BCUT2D eigenvalue weighted by Crippen LogP contribution is 2.54. The van der Waals surface area contributed by atoms with E-state index >= 15 is 0 Å². The van der Waals surface area contributed by atoms with Crippen molar-refractivity contribution in [2.24, 2.45) is 5.92 Å². The van der Waals surface area contributed by atoms with Crippen LogP contribution in [-0.2, 0) is 20.6 Å². The van der Waals surface area contributed by atoms with Gasteiger partial charge in [-0.2, -0.15) is 13.2 Å². The Balaban J connectivity index is 1.17. The monoisotopic (exact) mass is 691 g/mol. The van der Waals surface area contributed by atoms with E-state index in [4.69, 9.17) is 9.47 Å². The van der Waals surface area contributed by atoms with E-state index in [9.17, 15) is 32.3 Å². The molecule has 0 unspecified atom stereocenters. The van der Waals surface area contributed by atoms with Gasteiger partial charge in [0.25, 0.3) is 5.91 Å². The van der Waals surface area contributed by atoms with Crippen LogP contribution in [0, 0.1) is 5.92 Å². The highest BCUT2D eigenvalue weighted by atomic mass is 32.2. The number of imide groups is 1. The molecule has 2 N–H and O–H groups in total. The fourth-order valence-corrected chi connectivity index (χ4v) is 8.64. The van der Waals surface area contributed by atoms with E-state index in [-0.39, 0.29) is 18.1 Å². The Morgan fingerprint density at radius 3 is 2.44 bits per heavy atom. The topological polar surface area (TPSA) is 118 Å². The van der Waals surface area contributed by atoms with Crippen LogP contribution in [0.4, 0.5) is 24.5 Å². The molecule has 244 valence electrons. The molecule has 9 nitrogen and oxygen atoms in total. The molecule has 1 fully saturated rings. The van der Waals surface area contributed by atoms with Gasteiger partial charge in [0, 0.05) is 16.5 Å². The predicted octanol–water partition coefficient (Wildman–Crippen LogP) is 6.43. The first-order chi connectivity index (χ1) is 23.0. The molecule has 4 aromatic carbocycles. The number of carbonyl (C=O) groups is 3. The summed E-state index contributed by atoms with van der Waals surface area (Å²) in [5.74, 6) is -3.59. The fraction of sp³-hybridized carbons (Fsp3) is 0.176. The van der Waals surface area contributed by atoms with Crippen molar-refractivity contribution in [3.8, 4) is 11.5 Å². The molecule has 0 aliphatic carbocycles. The van der Waals surface area contributed by atoms with Crippen molar-refractivity contribution in [3.63, 3.8) is 0 Å². The molecule has 3 amide bonds. The van der Waals surface area contributed by atoms with Crippen molar-refractivity contribution in [2.75, 3.05) is 23.9 Å². The van der Waals surface area contributed by atoms with E-state index in [1.54, 1.807) is 24.3 Å². The summed E-state index contributed by atoms with van der Waals surface area (Å²) >= 11 is 1.82. The van der Waals surface area contributed by atoms with Crippen LogP contribution >= 0.6 is 23.1 Å². The van der Waals surface area contributed by atoms with E-state index in [1.165, 1.54) is 19.2 Å². The number of aromatic amines is 1. The van der Waals surface area contributed by atoms with Crippen molar-refractivity contribution in [3.05, 3.63) is 111 Å². The average molecular weight is 692 g/mol. The number of halogens is 3. The van der Waals surface area contributed by atoms with Gasteiger partial charge in [-0.05, 0) is 52.7 Å². The number of amides is 3. The molecular formula is C34H24F3N3O6S2. The van der Waals surface area contributed by atoms with Crippen LogP contribution in [0.1, 0.15) is 21.9 Å². The van der Waals surface area contributed by atoms with Crippen LogP contribution in [0.2, 0.25) is 0 Å². The number of hydrogen-bond acceptors (Lipinski definition) is 8. The first-order valence-electron chi connectivity index (χ1n) is 14.6. The third kappa shape index (κ3) is 5.60. The van der Waals surface area contributed by atoms with Gasteiger partial charge >= 0.3 is 11.0 Å². The summed E-state index contributed by atoms with van der Waals surface area (Å²) in [6.45, 7) is -0.350. The van der Waals surface area contributed by atoms with E-state index in [2.05, 4.69) is 10.3 Å². The number of carbonyl (C=O) groups excluding carboxylic acids is 3. The number of fused-ring (bicyclic) bond motifs is 3. The lowest BCUT2D eigenvalue weighted by Gasteiger charge is -2.30. The number of benzene rings is 4. The number of hydrogen-bond donors (Lipinski definition) is 2. The summed E-state index contributed by atoms with van der Waals surface area (Å²) in [5, 5.41) is 4.06. The molecule has 3 heterocycles. The van der Waals surface area contributed by atoms with Gasteiger partial charge in [0.05, 0.1) is 29.3 Å². The van der Waals surface area contributed by atoms with Crippen LogP contribution in [0.5, 0.6) is 11.5 Å². The highest BCUT2D eigenvalue weighted by Gasteiger charge is 2.57. The van der Waals surface area contributed by atoms with E-state index in [0.717, 1.165) is 46.0 Å². The SMILES string of the molecule is COc1cc([C@@H]2c3sc(=O)[nH]c3S[C@H]3C(=O)N(c4ccccc4C(F)(F)F)C(=O)[C@@H]23)ccc1OCC(=O)Nc1ccc2ccccc2c1. The van der Waals surface area contributed by atoms with Gasteiger partial charge in [-0.15, -0.1) is 0 Å². The maximum absolute atomic E-state index is 14.0. The summed E-state index contributed by atoms with van der Waals surface area (Å²) in [7, 11) is 1.39. The predicted molar refractivity (Wildman–Crippen MR) is 175 cm³/mol. The van der Waals surface area contributed by atoms with Crippen LogP contribution < -0.4 is 24.6 Å². The lowest BCUT2D eigenvalue weighted by atomic mass is 9.83. The van der Waals surface area contributed by atoms with Gasteiger partial charge in [-0.1, -0.05) is 71.6 Å². The molecule has 0 radical (unpaired) electrons. The average Bonchev–Trinajstić information content (AvgIpc) is 3.56. The van der Waals surface area contributed by atoms with Crippen molar-refractivity contribution >= 4 is 63.0 Å². The van der Waals surface area contributed by atoms with Crippen LogP contribution in [0.3, 0.4) is 0 Å². The minimum atomic E-state index is -4.81. The van der Waals surface area contributed by atoms with Crippen molar-refractivity contribution in [1.29, 1.82) is 0 Å². The second-order valence-corrected chi connectivity index (χ2v) is 13.3. The highest BCUT2D eigenvalue weighted by molar-refractivity contribution is 8.00. The first-order valence-corrected chi connectivity index (χ1v) is 16.3. The van der Waals surface area contributed by atoms with Gasteiger partial charge in [-0.25, -0.2) is 4.90 Å². The van der Waals surface area contributed by atoms with Gasteiger partial charge in [0.15, 0.2) is 18.1 Å². The van der Waals surface area contributed by atoms with E-state index in [0.29, 0.717) is 26.1 Å². The number of anilines is 2. The normalized spacial score (nSPS) is 18.8. The number of nitrogens with zero attached hydrogens (tertiary/aromatic N) is 1. The second-order valence-electron chi connectivity index (χ2n) is 11.1. The number of H-pyrrole nitrogens is 1. The Kier molecular flexibility index (Phi) is 8.00. The summed E-state index contributed by atoms with van der Waals surface area (Å²) in [5.41, 5.74) is -0.589. The number of thiazole rings is 1. The molecule has 2 aliphatic rings. The molecule has 0 saturated carbocycles. The zero-order valence-corrected chi connectivity index (χ0v) is 26.5. The minimum absolute atomic E-state index is 0.209. The molecule has 14 heteroatoms. The molecule has 1 aromatic heterocycles. The number of ether oxygens (including phenoxy) is 2. The molecule has 5 aromatic rings. The molecule has 7 rings (SSSR count). The number of rotatable bonds is 7. The Morgan fingerprint density at radius 1 is 0.917 bits per heavy atom. The Hall–Kier alpha value is -5.08. The fourth-order valence-electron chi connectivity index (χ4n) is 6.13. The Labute approximate surface area is 278 Å². The van der Waals surface area contributed by atoms with Crippen LogP contribution in [0.15, 0.2) is 94.7 Å². The third-order valence-corrected chi connectivity index (χ3v) is 10.6. The number of aromatic nitrogens is 1. The number of nitrogens with one attached hydrogen (secondary N) is 2. The lowest BCUT2D eigenvalue weighted by molar-refractivity contribution is -0.137. The largest absolute Gasteiger partial charge is 0.493 e. The molecule has 48 heavy (non-hydrogen) atoms. The van der Waals surface area contributed by atoms with Gasteiger partial charge in [0.1, 0.15) is 5.25 Å². The molecule has 3 atom stereocenters. The minimum Gasteiger partial charge on any atom is -0.493 e.